The van der Waals surface area contributed by atoms with Crippen LogP contribution in [0.4, 0.5) is 11.5 Å². The number of carbonyl (C=O) groups is 1. The van der Waals surface area contributed by atoms with Gasteiger partial charge >= 0.3 is 0 Å². The van der Waals surface area contributed by atoms with E-state index >= 15 is 0 Å². The molecule has 23 heavy (non-hydrogen) atoms. The van der Waals surface area contributed by atoms with Crippen LogP contribution in [0.15, 0.2) is 36.4 Å². The third-order valence-electron chi connectivity index (χ3n) is 3.88. The van der Waals surface area contributed by atoms with Crippen LogP contribution in [0, 0.1) is 11.3 Å². The number of rotatable bonds is 4. The van der Waals surface area contributed by atoms with E-state index in [1.165, 1.54) is 12.8 Å². The molecule has 0 bridgehead atoms. The van der Waals surface area contributed by atoms with Gasteiger partial charge in [0.2, 0.25) is 0 Å². The quantitative estimate of drug-likeness (QED) is 0.906. The van der Waals surface area contributed by atoms with Crippen LogP contribution in [0.5, 0.6) is 0 Å². The number of amides is 1. The third kappa shape index (κ3) is 3.83. The van der Waals surface area contributed by atoms with Crippen molar-refractivity contribution >= 4 is 17.4 Å². The molecule has 0 saturated heterocycles. The monoisotopic (exact) mass is 307 g/mol. The largest absolute Gasteiger partial charge is 0.366 e. The number of nitrogens with zero attached hydrogens (tertiary/aromatic N) is 3. The molecule has 0 spiro atoms. The molecule has 0 radical (unpaired) electrons. The van der Waals surface area contributed by atoms with Gasteiger partial charge in [-0.15, -0.1) is 10.2 Å². The van der Waals surface area contributed by atoms with Crippen molar-refractivity contribution in [1.29, 1.82) is 5.26 Å². The van der Waals surface area contributed by atoms with Crippen LogP contribution in [0.3, 0.4) is 0 Å². The van der Waals surface area contributed by atoms with Gasteiger partial charge < -0.3 is 10.6 Å². The predicted molar refractivity (Wildman–Crippen MR) is 87.0 cm³/mol. The lowest BCUT2D eigenvalue weighted by Gasteiger charge is -2.11. The van der Waals surface area contributed by atoms with Crippen molar-refractivity contribution in [3.05, 3.63) is 47.7 Å². The van der Waals surface area contributed by atoms with Crippen molar-refractivity contribution < 1.29 is 4.79 Å². The fourth-order valence-corrected chi connectivity index (χ4v) is 2.63. The molecule has 1 heterocycles. The molecule has 1 aromatic heterocycles. The first-order valence-electron chi connectivity index (χ1n) is 7.66. The number of benzene rings is 1. The highest BCUT2D eigenvalue weighted by atomic mass is 16.1. The molecule has 6 heteroatoms. The van der Waals surface area contributed by atoms with Gasteiger partial charge in [-0.3, -0.25) is 4.79 Å². The zero-order valence-electron chi connectivity index (χ0n) is 12.6. The zero-order valence-corrected chi connectivity index (χ0v) is 12.6. The van der Waals surface area contributed by atoms with Gasteiger partial charge in [-0.05, 0) is 49.2 Å². The Hall–Kier alpha value is -2.94. The first-order valence-corrected chi connectivity index (χ1v) is 7.66. The Morgan fingerprint density at radius 2 is 1.83 bits per heavy atom. The summed E-state index contributed by atoms with van der Waals surface area (Å²) >= 11 is 0. The van der Waals surface area contributed by atoms with E-state index in [0.717, 1.165) is 12.8 Å². The van der Waals surface area contributed by atoms with E-state index < -0.39 is 0 Å². The Balaban J connectivity index is 1.61. The lowest BCUT2D eigenvalue weighted by atomic mass is 10.2. The molecule has 1 amide bonds. The minimum Gasteiger partial charge on any atom is -0.366 e. The normalized spacial score (nSPS) is 14.2. The fraction of sp³-hybridized carbons (Fsp3) is 0.294. The number of nitrogens with one attached hydrogen (secondary N) is 2. The summed E-state index contributed by atoms with van der Waals surface area (Å²) in [6.07, 6.45) is 4.80. The number of aromatic nitrogens is 2. The highest BCUT2D eigenvalue weighted by Crippen LogP contribution is 2.21. The molecule has 1 aliphatic rings. The minimum absolute atomic E-state index is 0.256. The van der Waals surface area contributed by atoms with E-state index in [1.807, 2.05) is 6.07 Å². The molecule has 0 aliphatic heterocycles. The van der Waals surface area contributed by atoms with Crippen LogP contribution in [0.1, 0.15) is 41.7 Å². The number of nitriles is 1. The summed E-state index contributed by atoms with van der Waals surface area (Å²) in [6.45, 7) is 0. The maximum absolute atomic E-state index is 12.1. The van der Waals surface area contributed by atoms with Gasteiger partial charge in [0.15, 0.2) is 5.69 Å². The molecule has 6 nitrogen and oxygen atoms in total. The summed E-state index contributed by atoms with van der Waals surface area (Å²) in [5.74, 6) is 0.376. The summed E-state index contributed by atoms with van der Waals surface area (Å²) in [5, 5.41) is 22.9. The lowest BCUT2D eigenvalue weighted by Crippen LogP contribution is -2.18. The van der Waals surface area contributed by atoms with Gasteiger partial charge in [0.25, 0.3) is 5.91 Å². The third-order valence-corrected chi connectivity index (χ3v) is 3.88. The average Bonchev–Trinajstić information content (AvgIpc) is 3.09. The van der Waals surface area contributed by atoms with Crippen molar-refractivity contribution in [2.75, 3.05) is 10.6 Å². The maximum Gasteiger partial charge on any atom is 0.276 e. The second-order valence-electron chi connectivity index (χ2n) is 5.57. The molecular weight excluding hydrogens is 290 g/mol. The zero-order chi connectivity index (χ0) is 16.1. The SMILES string of the molecule is N#Cc1ccc(NC(=O)c2ccc(NC3CCCC3)nn2)cc1. The highest BCUT2D eigenvalue weighted by Gasteiger charge is 2.15. The molecular formula is C17H17N5O. The van der Waals surface area contributed by atoms with Crippen LogP contribution in [-0.4, -0.2) is 22.1 Å². The minimum atomic E-state index is -0.324. The van der Waals surface area contributed by atoms with Crippen molar-refractivity contribution in [1.82, 2.24) is 10.2 Å². The first-order chi connectivity index (χ1) is 11.2. The van der Waals surface area contributed by atoms with Crippen LogP contribution < -0.4 is 10.6 Å². The molecule has 1 fully saturated rings. The standard InChI is InChI=1S/C17H17N5O/c18-11-12-5-7-14(8-6-12)20-17(23)15-9-10-16(22-21-15)19-13-3-1-2-4-13/h5-10,13H,1-4H2,(H,19,22)(H,20,23). The summed E-state index contributed by atoms with van der Waals surface area (Å²) in [4.78, 5) is 12.1. The molecule has 116 valence electrons. The van der Waals surface area contributed by atoms with Crippen LogP contribution in [-0.2, 0) is 0 Å². The number of anilines is 2. The van der Waals surface area contributed by atoms with Crippen LogP contribution in [0.2, 0.25) is 0 Å². The lowest BCUT2D eigenvalue weighted by molar-refractivity contribution is 0.102. The van der Waals surface area contributed by atoms with Gasteiger partial charge in [-0.1, -0.05) is 12.8 Å². The van der Waals surface area contributed by atoms with Crippen molar-refractivity contribution in [3.8, 4) is 6.07 Å². The summed E-state index contributed by atoms with van der Waals surface area (Å²) in [6, 6.07) is 12.6. The second kappa shape index (κ2) is 6.88. The van der Waals surface area contributed by atoms with Gasteiger partial charge in [-0.25, -0.2) is 0 Å². The van der Waals surface area contributed by atoms with E-state index in [4.69, 9.17) is 5.26 Å². The molecule has 0 atom stereocenters. The van der Waals surface area contributed by atoms with Crippen molar-refractivity contribution in [2.45, 2.75) is 31.7 Å². The average molecular weight is 307 g/mol. The topological polar surface area (TPSA) is 90.7 Å². The molecule has 3 rings (SSSR count). The second-order valence-corrected chi connectivity index (χ2v) is 5.57. The Morgan fingerprint density at radius 1 is 1.09 bits per heavy atom. The Kier molecular flexibility index (Phi) is 4.48. The Labute approximate surface area is 134 Å². The number of hydrogen-bond donors (Lipinski definition) is 2. The smallest absolute Gasteiger partial charge is 0.276 e. The molecule has 1 aromatic carbocycles. The highest BCUT2D eigenvalue weighted by molar-refractivity contribution is 6.02. The van der Waals surface area contributed by atoms with Crippen molar-refractivity contribution in [2.24, 2.45) is 0 Å². The van der Waals surface area contributed by atoms with Crippen LogP contribution in [0.25, 0.3) is 0 Å². The Bertz CT molecular complexity index is 712. The summed E-state index contributed by atoms with van der Waals surface area (Å²) in [5.41, 5.74) is 1.42. The van der Waals surface area contributed by atoms with E-state index in [-0.39, 0.29) is 11.6 Å². The number of carbonyl (C=O) groups excluding carboxylic acids is 1. The van der Waals surface area contributed by atoms with E-state index in [2.05, 4.69) is 20.8 Å². The van der Waals surface area contributed by atoms with E-state index in [9.17, 15) is 4.79 Å². The first kappa shape index (κ1) is 15.0. The van der Waals surface area contributed by atoms with E-state index in [1.54, 1.807) is 36.4 Å². The van der Waals surface area contributed by atoms with Crippen molar-refractivity contribution in [3.63, 3.8) is 0 Å². The Morgan fingerprint density at radius 3 is 2.43 bits per heavy atom. The predicted octanol–water partition coefficient (Wildman–Crippen LogP) is 2.96. The fourth-order valence-electron chi connectivity index (χ4n) is 2.63. The molecule has 0 unspecified atom stereocenters. The molecule has 2 aromatic rings. The van der Waals surface area contributed by atoms with Gasteiger partial charge in [-0.2, -0.15) is 5.26 Å². The van der Waals surface area contributed by atoms with Gasteiger partial charge in [0, 0.05) is 11.7 Å². The molecule has 1 aliphatic carbocycles. The molecule has 1 saturated carbocycles. The summed E-state index contributed by atoms with van der Waals surface area (Å²) in [7, 11) is 0. The van der Waals surface area contributed by atoms with Crippen LogP contribution >= 0.6 is 0 Å². The maximum atomic E-state index is 12.1. The van der Waals surface area contributed by atoms with E-state index in [0.29, 0.717) is 23.1 Å². The van der Waals surface area contributed by atoms with Gasteiger partial charge in [0.05, 0.1) is 11.6 Å². The number of hydrogen-bond acceptors (Lipinski definition) is 5. The summed E-state index contributed by atoms with van der Waals surface area (Å²) < 4.78 is 0. The molecule has 2 N–H and O–H groups in total. The van der Waals surface area contributed by atoms with Gasteiger partial charge in [0.1, 0.15) is 5.82 Å².